The van der Waals surface area contributed by atoms with Crippen molar-refractivity contribution in [2.45, 2.75) is 38.5 Å². The molecule has 3 nitrogen and oxygen atoms in total. The fraction of sp³-hybridized carbons (Fsp3) is 1.00. The summed E-state index contributed by atoms with van der Waals surface area (Å²) in [5, 5.41) is 7.01. The Labute approximate surface area is 112 Å². The third-order valence-electron chi connectivity index (χ3n) is 5.38. The molecule has 3 saturated heterocycles. The van der Waals surface area contributed by atoms with Gasteiger partial charge >= 0.3 is 0 Å². The van der Waals surface area contributed by atoms with E-state index in [0.29, 0.717) is 5.41 Å². The lowest BCUT2D eigenvalue weighted by Crippen LogP contribution is -2.50. The van der Waals surface area contributed by atoms with Gasteiger partial charge in [0.25, 0.3) is 0 Å². The SMILES string of the molecule is C1CN(CC2CCNCC2)CC2(C1)CCNCC2. The first-order chi connectivity index (χ1) is 8.86. The van der Waals surface area contributed by atoms with Crippen LogP contribution in [-0.2, 0) is 0 Å². The van der Waals surface area contributed by atoms with Crippen molar-refractivity contribution in [3.8, 4) is 0 Å². The third kappa shape index (κ3) is 3.06. The van der Waals surface area contributed by atoms with Crippen molar-refractivity contribution in [2.75, 3.05) is 45.8 Å². The minimum atomic E-state index is 0.677. The average molecular weight is 251 g/mol. The molecule has 0 bridgehead atoms. The minimum absolute atomic E-state index is 0.677. The Morgan fingerprint density at radius 1 is 0.944 bits per heavy atom. The van der Waals surface area contributed by atoms with Crippen molar-refractivity contribution in [3.63, 3.8) is 0 Å². The normalized spacial score (nSPS) is 30.7. The quantitative estimate of drug-likeness (QED) is 0.778. The highest BCUT2D eigenvalue weighted by atomic mass is 15.1. The zero-order valence-corrected chi connectivity index (χ0v) is 11.7. The van der Waals surface area contributed by atoms with Crippen molar-refractivity contribution in [3.05, 3.63) is 0 Å². The molecule has 0 radical (unpaired) electrons. The molecule has 0 aliphatic carbocycles. The molecule has 2 N–H and O–H groups in total. The molecule has 3 rings (SSSR count). The lowest BCUT2D eigenvalue weighted by Gasteiger charge is -2.46. The molecule has 104 valence electrons. The van der Waals surface area contributed by atoms with E-state index in [4.69, 9.17) is 0 Å². The number of hydrogen-bond donors (Lipinski definition) is 2. The highest BCUT2D eigenvalue weighted by Gasteiger charge is 2.36. The topological polar surface area (TPSA) is 27.3 Å². The van der Waals surface area contributed by atoms with Gasteiger partial charge in [-0.25, -0.2) is 0 Å². The van der Waals surface area contributed by atoms with E-state index in [9.17, 15) is 0 Å². The molecule has 18 heavy (non-hydrogen) atoms. The first-order valence-corrected chi connectivity index (χ1v) is 8.00. The van der Waals surface area contributed by atoms with Gasteiger partial charge in [-0.15, -0.1) is 0 Å². The standard InChI is InChI=1S/C15H29N3/c1-4-15(5-9-17-10-6-15)13-18(11-1)12-14-2-7-16-8-3-14/h14,16-17H,1-13H2. The minimum Gasteiger partial charge on any atom is -0.317 e. The van der Waals surface area contributed by atoms with Gasteiger partial charge < -0.3 is 15.5 Å². The van der Waals surface area contributed by atoms with Crippen molar-refractivity contribution in [1.82, 2.24) is 15.5 Å². The van der Waals surface area contributed by atoms with E-state index in [2.05, 4.69) is 15.5 Å². The number of nitrogens with one attached hydrogen (secondary N) is 2. The predicted molar refractivity (Wildman–Crippen MR) is 75.8 cm³/mol. The number of piperidine rings is 3. The first kappa shape index (κ1) is 12.9. The maximum absolute atomic E-state index is 3.53. The Kier molecular flexibility index (Phi) is 4.22. The maximum Gasteiger partial charge on any atom is 0.00390 e. The van der Waals surface area contributed by atoms with Gasteiger partial charge in [0.15, 0.2) is 0 Å². The molecule has 0 amide bonds. The van der Waals surface area contributed by atoms with Gasteiger partial charge in [-0.1, -0.05) is 0 Å². The van der Waals surface area contributed by atoms with Crippen molar-refractivity contribution < 1.29 is 0 Å². The number of hydrogen-bond acceptors (Lipinski definition) is 3. The summed E-state index contributed by atoms with van der Waals surface area (Å²) in [6.45, 7) is 9.11. The van der Waals surface area contributed by atoms with Crippen LogP contribution in [0.25, 0.3) is 0 Å². The van der Waals surface area contributed by atoms with Crippen LogP contribution in [0.5, 0.6) is 0 Å². The van der Waals surface area contributed by atoms with E-state index < -0.39 is 0 Å². The molecule has 3 fully saturated rings. The van der Waals surface area contributed by atoms with Crippen LogP contribution in [0.4, 0.5) is 0 Å². The Hall–Kier alpha value is -0.120. The summed E-state index contributed by atoms with van der Waals surface area (Å²) in [6, 6.07) is 0. The average Bonchev–Trinajstić information content (AvgIpc) is 2.41. The van der Waals surface area contributed by atoms with Crippen LogP contribution < -0.4 is 10.6 Å². The van der Waals surface area contributed by atoms with Crippen LogP contribution in [0, 0.1) is 11.3 Å². The Morgan fingerprint density at radius 3 is 2.44 bits per heavy atom. The molecule has 0 aromatic heterocycles. The highest BCUT2D eigenvalue weighted by molar-refractivity contribution is 4.91. The summed E-state index contributed by atoms with van der Waals surface area (Å²) in [4.78, 5) is 2.80. The molecule has 0 aromatic carbocycles. The molecular weight excluding hydrogens is 222 g/mol. The van der Waals surface area contributed by atoms with E-state index >= 15 is 0 Å². The molecule has 3 aliphatic rings. The molecule has 1 spiro atoms. The molecule has 3 heterocycles. The largest absolute Gasteiger partial charge is 0.317 e. The molecule has 0 saturated carbocycles. The maximum atomic E-state index is 3.53. The van der Waals surface area contributed by atoms with Gasteiger partial charge in [-0.05, 0) is 82.6 Å². The van der Waals surface area contributed by atoms with Crippen molar-refractivity contribution >= 4 is 0 Å². The second-order valence-corrected chi connectivity index (χ2v) is 6.78. The van der Waals surface area contributed by atoms with Crippen LogP contribution in [0.1, 0.15) is 38.5 Å². The number of rotatable bonds is 2. The molecular formula is C15H29N3. The van der Waals surface area contributed by atoms with Gasteiger partial charge in [0, 0.05) is 13.1 Å². The summed E-state index contributed by atoms with van der Waals surface area (Å²) in [7, 11) is 0. The second kappa shape index (κ2) is 5.89. The zero-order chi connectivity index (χ0) is 12.3. The van der Waals surface area contributed by atoms with Crippen LogP contribution in [-0.4, -0.2) is 50.7 Å². The van der Waals surface area contributed by atoms with Gasteiger partial charge in [-0.2, -0.15) is 0 Å². The predicted octanol–water partition coefficient (Wildman–Crippen LogP) is 1.45. The van der Waals surface area contributed by atoms with Gasteiger partial charge in [0.2, 0.25) is 0 Å². The lowest BCUT2D eigenvalue weighted by molar-refractivity contribution is 0.0470. The van der Waals surface area contributed by atoms with E-state index in [1.54, 1.807) is 0 Å². The fourth-order valence-corrected chi connectivity index (χ4v) is 4.26. The lowest BCUT2D eigenvalue weighted by atomic mass is 9.72. The monoisotopic (exact) mass is 251 g/mol. The van der Waals surface area contributed by atoms with E-state index in [1.165, 1.54) is 84.3 Å². The van der Waals surface area contributed by atoms with Gasteiger partial charge in [-0.3, -0.25) is 0 Å². The molecule has 0 aromatic rings. The van der Waals surface area contributed by atoms with Crippen molar-refractivity contribution in [2.24, 2.45) is 11.3 Å². The van der Waals surface area contributed by atoms with E-state index in [0.717, 1.165) is 5.92 Å². The van der Waals surface area contributed by atoms with Crippen LogP contribution in [0.2, 0.25) is 0 Å². The van der Waals surface area contributed by atoms with Gasteiger partial charge in [0.05, 0.1) is 0 Å². The van der Waals surface area contributed by atoms with Crippen LogP contribution in [0.3, 0.4) is 0 Å². The zero-order valence-electron chi connectivity index (χ0n) is 11.7. The van der Waals surface area contributed by atoms with Crippen LogP contribution >= 0.6 is 0 Å². The smallest absolute Gasteiger partial charge is 0.00390 e. The molecule has 3 aliphatic heterocycles. The van der Waals surface area contributed by atoms with E-state index in [1.807, 2.05) is 0 Å². The summed E-state index contributed by atoms with van der Waals surface area (Å²) in [5.41, 5.74) is 0.677. The second-order valence-electron chi connectivity index (χ2n) is 6.78. The molecule has 0 atom stereocenters. The van der Waals surface area contributed by atoms with Crippen LogP contribution in [0.15, 0.2) is 0 Å². The Balaban J connectivity index is 1.52. The highest BCUT2D eigenvalue weighted by Crippen LogP contribution is 2.38. The Bertz CT molecular complexity index is 249. The summed E-state index contributed by atoms with van der Waals surface area (Å²) < 4.78 is 0. The number of nitrogens with zero attached hydrogens (tertiary/aromatic N) is 1. The summed E-state index contributed by atoms with van der Waals surface area (Å²) >= 11 is 0. The summed E-state index contributed by atoms with van der Waals surface area (Å²) in [6.07, 6.45) is 8.53. The fourth-order valence-electron chi connectivity index (χ4n) is 4.26. The summed E-state index contributed by atoms with van der Waals surface area (Å²) in [5.74, 6) is 0.961. The molecule has 0 unspecified atom stereocenters. The molecule has 3 heteroatoms. The van der Waals surface area contributed by atoms with E-state index in [-0.39, 0.29) is 0 Å². The van der Waals surface area contributed by atoms with Gasteiger partial charge in [0.1, 0.15) is 0 Å². The van der Waals surface area contributed by atoms with Crippen molar-refractivity contribution in [1.29, 1.82) is 0 Å². The third-order valence-corrected chi connectivity index (χ3v) is 5.38. The first-order valence-electron chi connectivity index (χ1n) is 8.00. The Morgan fingerprint density at radius 2 is 1.67 bits per heavy atom. The number of likely N-dealkylation sites (tertiary alicyclic amines) is 1.